The van der Waals surface area contributed by atoms with Crippen molar-refractivity contribution in [3.05, 3.63) is 35.9 Å². The van der Waals surface area contributed by atoms with Gasteiger partial charge in [0.15, 0.2) is 0 Å². The molecule has 3 aliphatic rings. The minimum absolute atomic E-state index is 0.712. The third kappa shape index (κ3) is 1.57. The summed E-state index contributed by atoms with van der Waals surface area (Å²) in [5, 5.41) is 0. The van der Waals surface area contributed by atoms with Gasteiger partial charge in [0.1, 0.15) is 19.6 Å². The van der Waals surface area contributed by atoms with E-state index >= 15 is 0 Å². The van der Waals surface area contributed by atoms with Crippen molar-refractivity contribution >= 4 is 0 Å². The van der Waals surface area contributed by atoms with Crippen molar-refractivity contribution in [2.45, 2.75) is 18.8 Å². The molecule has 1 aromatic rings. The average Bonchev–Trinajstić information content (AvgIpc) is 2.41. The van der Waals surface area contributed by atoms with E-state index in [0.29, 0.717) is 5.92 Å². The Morgan fingerprint density at radius 3 is 2.44 bits per heavy atom. The molecule has 2 bridgehead atoms. The molecule has 1 aromatic carbocycles. The molecule has 4 rings (SSSR count). The van der Waals surface area contributed by atoms with Gasteiger partial charge in [-0.05, 0) is 11.5 Å². The Morgan fingerprint density at radius 2 is 1.81 bits per heavy atom. The standard InChI is InChI=1S/C14H20NO/c1-16-15-9-7-13(8-10-15)14(11-15)12-5-3-2-4-6-12/h2-6,13-14H,7-11H2,1H3/q+1. The van der Waals surface area contributed by atoms with Crippen LogP contribution in [0.15, 0.2) is 30.3 Å². The highest BCUT2D eigenvalue weighted by Crippen LogP contribution is 2.42. The lowest BCUT2D eigenvalue weighted by atomic mass is 9.75. The molecule has 1 unspecified atom stereocenters. The van der Waals surface area contributed by atoms with Gasteiger partial charge in [0, 0.05) is 18.8 Å². The number of hydrogen-bond donors (Lipinski definition) is 0. The van der Waals surface area contributed by atoms with Crippen LogP contribution in [0.2, 0.25) is 0 Å². The van der Waals surface area contributed by atoms with Crippen molar-refractivity contribution < 1.29 is 9.48 Å². The maximum Gasteiger partial charge on any atom is 0.116 e. The highest BCUT2D eigenvalue weighted by molar-refractivity contribution is 5.21. The first kappa shape index (κ1) is 10.3. The van der Waals surface area contributed by atoms with Gasteiger partial charge in [0.2, 0.25) is 0 Å². The Kier molecular flexibility index (Phi) is 2.49. The summed E-state index contributed by atoms with van der Waals surface area (Å²) in [5.74, 6) is 1.60. The molecule has 0 N–H and O–H groups in total. The van der Waals surface area contributed by atoms with Gasteiger partial charge in [-0.25, -0.2) is 4.84 Å². The lowest BCUT2D eigenvalue weighted by Gasteiger charge is -2.49. The van der Waals surface area contributed by atoms with E-state index in [1.807, 2.05) is 7.11 Å². The van der Waals surface area contributed by atoms with E-state index in [9.17, 15) is 0 Å². The van der Waals surface area contributed by atoms with Crippen molar-refractivity contribution in [1.82, 2.24) is 0 Å². The molecule has 3 aliphatic heterocycles. The summed E-state index contributed by atoms with van der Waals surface area (Å²) in [6.45, 7) is 3.60. The minimum Gasteiger partial charge on any atom is -0.206 e. The fraction of sp³-hybridized carbons (Fsp3) is 0.571. The number of nitrogens with zero attached hydrogens (tertiary/aromatic N) is 1. The molecule has 2 nitrogen and oxygen atoms in total. The van der Waals surface area contributed by atoms with E-state index in [2.05, 4.69) is 30.3 Å². The third-order valence-electron chi connectivity index (χ3n) is 4.53. The number of hydrogen-bond acceptors (Lipinski definition) is 1. The first-order chi connectivity index (χ1) is 7.83. The van der Waals surface area contributed by atoms with Gasteiger partial charge in [-0.1, -0.05) is 30.3 Å². The molecule has 1 atom stereocenters. The van der Waals surface area contributed by atoms with E-state index in [4.69, 9.17) is 4.84 Å². The molecule has 0 aliphatic carbocycles. The molecule has 3 fully saturated rings. The van der Waals surface area contributed by atoms with Crippen molar-refractivity contribution in [1.29, 1.82) is 0 Å². The second-order valence-electron chi connectivity index (χ2n) is 5.23. The maximum absolute atomic E-state index is 5.76. The summed E-state index contributed by atoms with van der Waals surface area (Å²) >= 11 is 0. The summed E-state index contributed by atoms with van der Waals surface area (Å²) in [5.41, 5.74) is 1.51. The molecular weight excluding hydrogens is 198 g/mol. The van der Waals surface area contributed by atoms with Crippen LogP contribution in [-0.2, 0) is 4.84 Å². The minimum atomic E-state index is 0.712. The molecule has 3 heterocycles. The number of hydroxylamine groups is 3. The van der Waals surface area contributed by atoms with Gasteiger partial charge in [-0.2, -0.15) is 4.65 Å². The molecule has 0 saturated carbocycles. The van der Waals surface area contributed by atoms with Crippen LogP contribution in [0.1, 0.15) is 24.3 Å². The molecule has 0 aromatic heterocycles. The first-order valence-electron chi connectivity index (χ1n) is 6.30. The summed E-state index contributed by atoms with van der Waals surface area (Å²) in [6, 6.07) is 11.0. The Morgan fingerprint density at radius 1 is 1.12 bits per heavy atom. The van der Waals surface area contributed by atoms with Gasteiger partial charge in [-0.3, -0.25) is 0 Å². The van der Waals surface area contributed by atoms with E-state index in [0.717, 1.165) is 10.6 Å². The molecule has 0 spiro atoms. The van der Waals surface area contributed by atoms with Crippen molar-refractivity contribution in [3.63, 3.8) is 0 Å². The lowest BCUT2D eigenvalue weighted by Crippen LogP contribution is -2.60. The largest absolute Gasteiger partial charge is 0.206 e. The van der Waals surface area contributed by atoms with Crippen LogP contribution in [0.5, 0.6) is 0 Å². The number of fused-ring (bicyclic) bond motifs is 3. The van der Waals surface area contributed by atoms with Gasteiger partial charge >= 0.3 is 0 Å². The summed E-state index contributed by atoms with van der Waals surface area (Å²) in [7, 11) is 1.87. The quantitative estimate of drug-likeness (QED) is 0.693. The lowest BCUT2D eigenvalue weighted by molar-refractivity contribution is -1.11. The van der Waals surface area contributed by atoms with Gasteiger partial charge in [0.25, 0.3) is 0 Å². The fourth-order valence-electron chi connectivity index (χ4n) is 3.49. The zero-order valence-electron chi connectivity index (χ0n) is 9.93. The molecule has 0 amide bonds. The molecule has 16 heavy (non-hydrogen) atoms. The van der Waals surface area contributed by atoms with Crippen LogP contribution in [0.4, 0.5) is 0 Å². The molecule has 2 heteroatoms. The molecule has 3 saturated heterocycles. The van der Waals surface area contributed by atoms with Crippen molar-refractivity contribution in [2.75, 3.05) is 26.7 Å². The molecular formula is C14H20NO+. The second-order valence-corrected chi connectivity index (χ2v) is 5.23. The fourth-order valence-corrected chi connectivity index (χ4v) is 3.49. The normalized spacial score (nSPS) is 37.6. The SMILES string of the molecule is CO[N+]12CCC(CC1)C(c1ccccc1)C2. The van der Waals surface area contributed by atoms with Crippen LogP contribution < -0.4 is 0 Å². The Hall–Kier alpha value is -0.860. The van der Waals surface area contributed by atoms with Crippen molar-refractivity contribution in [3.8, 4) is 0 Å². The zero-order valence-corrected chi connectivity index (χ0v) is 9.93. The highest BCUT2D eigenvalue weighted by Gasteiger charge is 2.47. The van der Waals surface area contributed by atoms with Gasteiger partial charge in [0.05, 0.1) is 7.11 Å². The van der Waals surface area contributed by atoms with Crippen LogP contribution in [0.3, 0.4) is 0 Å². The monoisotopic (exact) mass is 218 g/mol. The second kappa shape index (κ2) is 3.86. The Bertz CT molecular complexity index is 354. The average molecular weight is 218 g/mol. The summed E-state index contributed by atoms with van der Waals surface area (Å²) in [4.78, 5) is 5.76. The number of quaternary nitrogens is 1. The van der Waals surface area contributed by atoms with E-state index < -0.39 is 0 Å². The highest BCUT2D eigenvalue weighted by atomic mass is 16.7. The topological polar surface area (TPSA) is 9.23 Å². The van der Waals surface area contributed by atoms with Crippen LogP contribution in [0, 0.1) is 5.92 Å². The Labute approximate surface area is 97.4 Å². The first-order valence-corrected chi connectivity index (χ1v) is 6.30. The zero-order chi connectivity index (χ0) is 11.0. The van der Waals surface area contributed by atoms with E-state index in [1.54, 1.807) is 0 Å². The van der Waals surface area contributed by atoms with Crippen molar-refractivity contribution in [2.24, 2.45) is 5.92 Å². The van der Waals surface area contributed by atoms with Crippen LogP contribution >= 0.6 is 0 Å². The summed E-state index contributed by atoms with van der Waals surface area (Å²) < 4.78 is 0.885. The maximum atomic E-state index is 5.76. The predicted molar refractivity (Wildman–Crippen MR) is 63.8 cm³/mol. The molecule has 0 radical (unpaired) electrons. The number of rotatable bonds is 2. The van der Waals surface area contributed by atoms with Gasteiger partial charge < -0.3 is 0 Å². The van der Waals surface area contributed by atoms with Gasteiger partial charge in [-0.15, -0.1) is 0 Å². The number of benzene rings is 1. The summed E-state index contributed by atoms with van der Waals surface area (Å²) in [6.07, 6.45) is 2.65. The third-order valence-corrected chi connectivity index (χ3v) is 4.53. The van der Waals surface area contributed by atoms with Crippen LogP contribution in [0.25, 0.3) is 0 Å². The van der Waals surface area contributed by atoms with E-state index in [1.165, 1.54) is 38.0 Å². The van der Waals surface area contributed by atoms with E-state index in [-0.39, 0.29) is 0 Å². The number of piperidine rings is 3. The predicted octanol–water partition coefficient (Wildman–Crippen LogP) is 2.57. The Balaban J connectivity index is 1.88. The smallest absolute Gasteiger partial charge is 0.116 e. The molecule has 86 valence electrons. The van der Waals surface area contributed by atoms with Crippen LogP contribution in [-0.4, -0.2) is 31.4 Å².